The van der Waals surface area contributed by atoms with Crippen LogP contribution in [0.15, 0.2) is 39.3 Å². The number of ether oxygens (including phenoxy) is 1. The van der Waals surface area contributed by atoms with E-state index in [1.165, 1.54) is 0 Å². The van der Waals surface area contributed by atoms with Gasteiger partial charge in [0, 0.05) is 8.95 Å². The van der Waals surface area contributed by atoms with Crippen LogP contribution in [0.25, 0.3) is 0 Å². The van der Waals surface area contributed by atoms with Crippen LogP contribution in [0, 0.1) is 6.92 Å². The minimum Gasteiger partial charge on any atom is -0.495 e. The van der Waals surface area contributed by atoms with Gasteiger partial charge in [0.15, 0.2) is 0 Å². The molecule has 6 heteroatoms. The average Bonchev–Trinajstić information content (AvgIpc) is 2.44. The largest absolute Gasteiger partial charge is 0.495 e. The fourth-order valence-electron chi connectivity index (χ4n) is 1.89. The molecule has 0 fully saturated rings. The number of rotatable bonds is 3. The Morgan fingerprint density at radius 2 is 2.00 bits per heavy atom. The van der Waals surface area contributed by atoms with Crippen molar-refractivity contribution in [3.05, 3.63) is 55.4 Å². The zero-order valence-corrected chi connectivity index (χ0v) is 15.3. The van der Waals surface area contributed by atoms with Crippen molar-refractivity contribution in [2.45, 2.75) is 6.92 Å². The Bertz CT molecular complexity index is 704. The van der Waals surface area contributed by atoms with Crippen LogP contribution < -0.4 is 10.1 Å². The third-order valence-electron chi connectivity index (χ3n) is 2.92. The van der Waals surface area contributed by atoms with Gasteiger partial charge in [-0.15, -0.1) is 0 Å². The highest BCUT2D eigenvalue weighted by Gasteiger charge is 2.16. The Hall–Kier alpha value is -1.04. The summed E-state index contributed by atoms with van der Waals surface area (Å²) in [7, 11) is 1.56. The zero-order chi connectivity index (χ0) is 15.6. The molecule has 0 atom stereocenters. The molecule has 0 aliphatic rings. The van der Waals surface area contributed by atoms with Gasteiger partial charge in [0.05, 0.1) is 23.4 Å². The van der Waals surface area contributed by atoms with Gasteiger partial charge >= 0.3 is 0 Å². The van der Waals surface area contributed by atoms with Crippen LogP contribution in [-0.4, -0.2) is 13.0 Å². The van der Waals surface area contributed by atoms with Crippen molar-refractivity contribution >= 4 is 55.1 Å². The summed E-state index contributed by atoms with van der Waals surface area (Å²) in [5.41, 5.74) is 1.91. The molecule has 0 aromatic heterocycles. The molecule has 0 radical (unpaired) electrons. The molecule has 2 rings (SSSR count). The van der Waals surface area contributed by atoms with E-state index in [4.69, 9.17) is 16.3 Å². The number of nitrogens with one attached hydrogen (secondary N) is 1. The van der Waals surface area contributed by atoms with Gasteiger partial charge in [-0.25, -0.2) is 0 Å². The van der Waals surface area contributed by atoms with Crippen molar-refractivity contribution in [1.29, 1.82) is 0 Å². The number of halogens is 3. The highest BCUT2D eigenvalue weighted by atomic mass is 79.9. The maximum atomic E-state index is 12.4. The second kappa shape index (κ2) is 6.81. The minimum absolute atomic E-state index is 0.287. The number of methoxy groups -OCH3 is 1. The lowest BCUT2D eigenvalue weighted by Gasteiger charge is -2.14. The minimum atomic E-state index is -0.287. The van der Waals surface area contributed by atoms with E-state index in [0.29, 0.717) is 26.5 Å². The lowest BCUT2D eigenvalue weighted by atomic mass is 10.1. The summed E-state index contributed by atoms with van der Waals surface area (Å²) in [6.45, 7) is 1.89. The molecule has 0 saturated heterocycles. The number of anilines is 1. The van der Waals surface area contributed by atoms with Crippen LogP contribution in [-0.2, 0) is 0 Å². The molecule has 110 valence electrons. The molecule has 0 bridgehead atoms. The highest BCUT2D eigenvalue weighted by Crippen LogP contribution is 2.33. The lowest BCUT2D eigenvalue weighted by molar-refractivity contribution is 0.102. The van der Waals surface area contributed by atoms with Gasteiger partial charge in [-0.3, -0.25) is 4.79 Å². The number of amides is 1. The molecule has 0 saturated carbocycles. The van der Waals surface area contributed by atoms with Crippen molar-refractivity contribution in [3.8, 4) is 5.75 Å². The van der Waals surface area contributed by atoms with Crippen LogP contribution in [0.2, 0.25) is 5.02 Å². The van der Waals surface area contributed by atoms with Crippen LogP contribution >= 0.6 is 43.5 Å². The molecular weight excluding hydrogens is 421 g/mol. The molecule has 2 aromatic carbocycles. The zero-order valence-electron chi connectivity index (χ0n) is 11.3. The molecule has 0 aliphatic heterocycles. The van der Waals surface area contributed by atoms with Crippen LogP contribution in [0.4, 0.5) is 5.69 Å². The normalized spacial score (nSPS) is 10.3. The van der Waals surface area contributed by atoms with Crippen molar-refractivity contribution < 1.29 is 9.53 Å². The molecule has 3 nitrogen and oxygen atoms in total. The number of aryl methyl sites for hydroxylation is 1. The summed E-state index contributed by atoms with van der Waals surface area (Å²) < 4.78 is 6.87. The van der Waals surface area contributed by atoms with Crippen molar-refractivity contribution in [2.24, 2.45) is 0 Å². The fraction of sp³-hybridized carbons (Fsp3) is 0.133. The third-order valence-corrected chi connectivity index (χ3v) is 4.67. The quantitative estimate of drug-likeness (QED) is 0.701. The second-order valence-corrected chi connectivity index (χ2v) is 6.50. The first-order valence-electron chi connectivity index (χ1n) is 6.03. The molecule has 21 heavy (non-hydrogen) atoms. The van der Waals surface area contributed by atoms with Gasteiger partial charge in [-0.05, 0) is 52.7 Å². The monoisotopic (exact) mass is 431 g/mol. The first-order chi connectivity index (χ1) is 9.93. The van der Waals surface area contributed by atoms with E-state index in [2.05, 4.69) is 37.2 Å². The predicted octanol–water partition coefficient (Wildman–Crippen LogP) is 5.43. The fourth-order valence-corrected chi connectivity index (χ4v) is 3.02. The van der Waals surface area contributed by atoms with E-state index in [0.717, 1.165) is 10.0 Å². The average molecular weight is 434 g/mol. The Morgan fingerprint density at radius 3 is 2.67 bits per heavy atom. The van der Waals surface area contributed by atoms with Crippen LogP contribution in [0.1, 0.15) is 15.9 Å². The standard InChI is InChI=1S/C15H12Br2ClNO2/c1-8-6-9(16)7-12(21-2)14(8)19-15(20)10-4-3-5-11(17)13(10)18/h3-7H,1-2H3,(H,19,20). The van der Waals surface area contributed by atoms with Gasteiger partial charge in [-0.2, -0.15) is 0 Å². The summed E-state index contributed by atoms with van der Waals surface area (Å²) in [5.74, 6) is 0.298. The van der Waals surface area contributed by atoms with E-state index < -0.39 is 0 Å². The molecule has 0 spiro atoms. The van der Waals surface area contributed by atoms with E-state index in [9.17, 15) is 4.79 Å². The van der Waals surface area contributed by atoms with Gasteiger partial charge < -0.3 is 10.1 Å². The SMILES string of the molecule is COc1cc(Br)cc(C)c1NC(=O)c1cccc(Br)c1Cl. The van der Waals surface area contributed by atoms with E-state index >= 15 is 0 Å². The van der Waals surface area contributed by atoms with E-state index in [1.807, 2.05) is 13.0 Å². The smallest absolute Gasteiger partial charge is 0.257 e. The van der Waals surface area contributed by atoms with E-state index in [-0.39, 0.29) is 5.91 Å². The molecular formula is C15H12Br2ClNO2. The summed E-state index contributed by atoms with van der Waals surface area (Å²) in [6.07, 6.45) is 0. The molecule has 2 aromatic rings. The van der Waals surface area contributed by atoms with Gasteiger partial charge in [0.1, 0.15) is 5.75 Å². The van der Waals surface area contributed by atoms with Crippen molar-refractivity contribution in [3.63, 3.8) is 0 Å². The first kappa shape index (κ1) is 16.3. The summed E-state index contributed by atoms with van der Waals surface area (Å²) in [4.78, 5) is 12.4. The van der Waals surface area contributed by atoms with E-state index in [1.54, 1.807) is 31.4 Å². The Balaban J connectivity index is 2.38. The molecule has 1 amide bonds. The van der Waals surface area contributed by atoms with Gasteiger partial charge in [-0.1, -0.05) is 33.6 Å². The van der Waals surface area contributed by atoms with Crippen molar-refractivity contribution in [2.75, 3.05) is 12.4 Å². The van der Waals surface area contributed by atoms with Crippen LogP contribution in [0.3, 0.4) is 0 Å². The summed E-state index contributed by atoms with van der Waals surface area (Å²) >= 11 is 12.9. The lowest BCUT2D eigenvalue weighted by Crippen LogP contribution is -2.14. The van der Waals surface area contributed by atoms with Crippen molar-refractivity contribution in [1.82, 2.24) is 0 Å². The highest BCUT2D eigenvalue weighted by molar-refractivity contribution is 9.10. The maximum Gasteiger partial charge on any atom is 0.257 e. The number of hydrogen-bond donors (Lipinski definition) is 1. The Labute approximate surface area is 144 Å². The molecule has 0 aliphatic carbocycles. The molecule has 0 heterocycles. The molecule has 1 N–H and O–H groups in total. The molecule has 0 unspecified atom stereocenters. The third kappa shape index (κ3) is 3.59. The van der Waals surface area contributed by atoms with Gasteiger partial charge in [0.25, 0.3) is 5.91 Å². The first-order valence-corrected chi connectivity index (χ1v) is 8.00. The summed E-state index contributed by atoms with van der Waals surface area (Å²) in [5, 5.41) is 3.23. The topological polar surface area (TPSA) is 38.3 Å². The maximum absolute atomic E-state index is 12.4. The number of benzene rings is 2. The second-order valence-electron chi connectivity index (χ2n) is 4.36. The number of carbonyl (C=O) groups is 1. The van der Waals surface area contributed by atoms with Gasteiger partial charge in [0.2, 0.25) is 0 Å². The van der Waals surface area contributed by atoms with Crippen LogP contribution in [0.5, 0.6) is 5.75 Å². The predicted molar refractivity (Wildman–Crippen MR) is 92.5 cm³/mol. The Morgan fingerprint density at radius 1 is 1.29 bits per heavy atom. The number of hydrogen-bond acceptors (Lipinski definition) is 2. The number of carbonyl (C=O) groups excluding carboxylic acids is 1. The summed E-state index contributed by atoms with van der Waals surface area (Å²) in [6, 6.07) is 8.91. The Kier molecular flexibility index (Phi) is 5.30.